The number of nitrogens with one attached hydrogen (secondary N) is 11. The molecule has 0 aromatic heterocycles. The van der Waals surface area contributed by atoms with E-state index in [0.717, 1.165) is 125 Å². The zero-order valence-electron chi connectivity index (χ0n) is 76.6. The molecule has 5 aromatic carbocycles. The summed E-state index contributed by atoms with van der Waals surface area (Å²) in [5.41, 5.74) is -6.32. The summed E-state index contributed by atoms with van der Waals surface area (Å²) < 4.78 is 50.6. The number of urea groups is 1. The first-order valence-corrected chi connectivity index (χ1v) is 46.4. The van der Waals surface area contributed by atoms with Crippen LogP contribution in [0.5, 0.6) is 46.0 Å². The Labute approximate surface area is 788 Å². The minimum absolute atomic E-state index is 0.0355. The Hall–Kier alpha value is -11.1. The number of hydrogen-bond donors (Lipinski definition) is 20. The number of benzene rings is 5. The van der Waals surface area contributed by atoms with E-state index in [4.69, 9.17) is 61.1 Å². The lowest BCUT2D eigenvalue weighted by molar-refractivity contribution is -0.334. The van der Waals surface area contributed by atoms with Crippen molar-refractivity contribution in [2.45, 2.75) is 293 Å². The topological polar surface area (TPSA) is 576 Å². The fourth-order valence-electron chi connectivity index (χ4n) is 19.2. The number of aliphatic hydroxyl groups excluding tert-OH is 6. The Kier molecular flexibility index (Phi) is 31.7. The molecule has 4 saturated carbocycles. The minimum Gasteiger partial charge on any atom is -0.508 e. The number of aromatic hydroxyl groups is 3. The summed E-state index contributed by atoms with van der Waals surface area (Å²) in [6, 6.07) is -2.52. The highest BCUT2D eigenvalue weighted by atomic mass is 35.5. The lowest BCUT2D eigenvalue weighted by atomic mass is 9.54. The number of phenolic OH excluding ortho intramolecular Hbond substituents is 3. The van der Waals surface area contributed by atoms with E-state index in [9.17, 15) is 69.9 Å². The number of ether oxygens (including phenoxy) is 8. The third kappa shape index (κ3) is 24.1. The van der Waals surface area contributed by atoms with Gasteiger partial charge in [0.25, 0.3) is 0 Å². The van der Waals surface area contributed by atoms with E-state index in [1.807, 2.05) is 6.92 Å². The molecule has 16 rings (SSSR count). The largest absolute Gasteiger partial charge is 0.508 e. The molecule has 4 aliphatic carbocycles. The first kappa shape index (κ1) is 101. The number of imide groups is 1. The second-order valence-electron chi connectivity index (χ2n) is 38.8. The number of hydrogen-bond acceptors (Lipinski definition) is 28. The van der Waals surface area contributed by atoms with Gasteiger partial charge in [0.15, 0.2) is 23.9 Å². The zero-order valence-corrected chi connectivity index (χ0v) is 78.1. The molecular formula is C94H121Cl2N11O28. The van der Waals surface area contributed by atoms with Crippen molar-refractivity contribution >= 4 is 88.7 Å². The molecule has 6 fully saturated rings. The lowest BCUT2D eigenvalue weighted by Gasteiger charge is -2.54. The van der Waals surface area contributed by atoms with Gasteiger partial charge in [-0.2, -0.15) is 0 Å². The number of rotatable bonds is 22. The summed E-state index contributed by atoms with van der Waals surface area (Å²) in [5.74, 6) is -14.9. The van der Waals surface area contributed by atoms with E-state index in [1.165, 1.54) is 26.0 Å². The summed E-state index contributed by atoms with van der Waals surface area (Å²) in [7, 11) is 0. The van der Waals surface area contributed by atoms with Crippen LogP contribution in [0.1, 0.15) is 224 Å². The van der Waals surface area contributed by atoms with Gasteiger partial charge in [-0.15, -0.1) is 0 Å². The van der Waals surface area contributed by atoms with Gasteiger partial charge < -0.3 is 137 Å². The first-order chi connectivity index (χ1) is 63.7. The molecule has 0 spiro atoms. The van der Waals surface area contributed by atoms with Gasteiger partial charge in [-0.3, -0.25) is 43.7 Å². The van der Waals surface area contributed by atoms with Gasteiger partial charge in [-0.05, 0) is 212 Å². The third-order valence-electron chi connectivity index (χ3n) is 25.5. The summed E-state index contributed by atoms with van der Waals surface area (Å²) in [6.45, 7) is 16.9. The Morgan fingerprint density at radius 1 is 0.622 bits per heavy atom. The second-order valence-corrected chi connectivity index (χ2v) is 39.7. The van der Waals surface area contributed by atoms with Crippen LogP contribution in [0.3, 0.4) is 0 Å². The van der Waals surface area contributed by atoms with Crippen LogP contribution in [0.4, 0.5) is 14.4 Å². The van der Waals surface area contributed by atoms with Crippen LogP contribution < -0.4 is 72.7 Å². The monoisotopic (exact) mass is 1920 g/mol. The number of carbonyl (C=O) groups excluding carboxylic acids is 11. The molecule has 15 bridgehead atoms. The number of carbonyl (C=O) groups is 11. The van der Waals surface area contributed by atoms with Crippen LogP contribution in [0.2, 0.25) is 10.0 Å². The molecule has 11 aliphatic rings. The molecule has 734 valence electrons. The molecule has 18 atom stereocenters. The van der Waals surface area contributed by atoms with Gasteiger partial charge >= 0.3 is 18.2 Å². The predicted molar refractivity (Wildman–Crippen MR) is 482 cm³/mol. The van der Waals surface area contributed by atoms with Crippen LogP contribution in [-0.2, 0) is 62.0 Å². The molecule has 2 saturated heterocycles. The van der Waals surface area contributed by atoms with Crippen LogP contribution >= 0.6 is 23.2 Å². The van der Waals surface area contributed by atoms with Crippen LogP contribution in [0.15, 0.2) is 78.9 Å². The molecule has 20 N–H and O–H groups in total. The quantitative estimate of drug-likeness (QED) is 0.0297. The van der Waals surface area contributed by atoms with Crippen molar-refractivity contribution in [2.75, 3.05) is 13.2 Å². The molecular weight excluding hydrogens is 1800 g/mol. The van der Waals surface area contributed by atoms with E-state index < -0.39 is 279 Å². The average Bonchev–Trinajstić information content (AvgIpc) is 0.755. The number of halogens is 2. The molecule has 7 aliphatic heterocycles. The highest BCUT2D eigenvalue weighted by molar-refractivity contribution is 6.32. The van der Waals surface area contributed by atoms with E-state index in [-0.39, 0.29) is 58.5 Å². The smallest absolute Gasteiger partial charge is 0.408 e. The van der Waals surface area contributed by atoms with E-state index in [1.54, 1.807) is 55.4 Å². The Balaban J connectivity index is 1.01. The van der Waals surface area contributed by atoms with Crippen LogP contribution in [-0.4, -0.2) is 221 Å². The maximum atomic E-state index is 16.8. The Morgan fingerprint density at radius 2 is 1.21 bits per heavy atom. The summed E-state index contributed by atoms with van der Waals surface area (Å²) >= 11 is 14.6. The van der Waals surface area contributed by atoms with Crippen LogP contribution in [0, 0.1) is 29.6 Å². The number of phenols is 3. The van der Waals surface area contributed by atoms with E-state index >= 15 is 28.8 Å². The summed E-state index contributed by atoms with van der Waals surface area (Å²) in [5, 5.41) is 136. The molecule has 41 heteroatoms. The van der Waals surface area contributed by atoms with E-state index in [2.05, 4.69) is 58.5 Å². The highest BCUT2D eigenvalue weighted by Crippen LogP contribution is 2.55. The highest BCUT2D eigenvalue weighted by Gasteiger charge is 2.55. The van der Waals surface area contributed by atoms with Gasteiger partial charge in [0.1, 0.15) is 119 Å². The normalized spacial score (nSPS) is 29.1. The van der Waals surface area contributed by atoms with Crippen molar-refractivity contribution in [1.82, 2.24) is 58.5 Å². The summed E-state index contributed by atoms with van der Waals surface area (Å²) in [4.78, 5) is 167. The number of alkyl carbamates (subject to hydrolysis) is 2. The molecule has 5 aromatic rings. The standard InChI is InChI=1S/C94H121Cl2N11O28/c1-12-13-14-15-16-17-24-97-89(125)100-65(112)38-57-82(119)102-70-50-34-62(129-60-22-19-46(32-54(60)95)74(113)72(86(123)98-57)105-81(118)56(25-41(2)3)99-90(126)134-92(5,6)7)78(133-88-79(77(116)76(115)64(40-108)131-88)132-66-39-94(11,80(117)42(4)128-66)107-91(127)135-93(8,9)10)63(35-50)130-61-23-20-47(33-55(61)96)75(114)73-87(124)104-71(85(122)101-68-48-27-43-26-44(29-48)30-49(68)28-43)53-36-51(109)37-59(111)67(53)52-31-45(18-21-58(52)110)69(83(120)106-73)103-84(70)121/h18-23,31-37,41-44,48-49,56-57,64,66,68-77,79-80,88,108-111,113-117H,12-17,24-30,38-40H2,1-11H3,(H,98,123)(H,99,126)(H,101,122)(H,102,119)(H,103,121)(H,104,124)(H,105,118)(H,106,120)(H,107,127)(H2,97,100,112,125)/t42?,43?,44?,48?,49?,56-,57+,64?,66?,68?,69-,70-,71+,72-,73-,74-,75-,76?,77?,79?,80?,88?,94?/m1/s1. The number of aliphatic hydroxyl groups is 6. The molecule has 39 nitrogen and oxygen atoms in total. The SMILES string of the molecule is CCCCCCCCNC(=O)NC(=O)C[C@@H]1NC(=O)[C@H](NC(=O)[C@@H](CC(C)C)NC(=O)OC(C)(C)C)[C@H](O)c2ccc(c(Cl)c2)Oc2cc3cc(c2OC2OC(CO)C(O)C(O)C2OC2CC(C)(NC(=O)OC(C)(C)C)C(O)C(C)O2)Oc2ccc(cc2Cl)[C@@H](O)[C@H]2NC(=O)[C@H](NC(=O)[C@@H]3NC1=O)c1ccc(O)c(c1)-c1c(O)cc(O)cc1[C@@H](C(=O)NC1C3CC4CC(C3)CC1C4)NC2=O. The zero-order chi connectivity index (χ0) is 97.9. The maximum absolute atomic E-state index is 16.8. The van der Waals surface area contributed by atoms with Crippen molar-refractivity contribution in [1.29, 1.82) is 0 Å². The Morgan fingerprint density at radius 3 is 1.83 bits per heavy atom. The molecule has 0 radical (unpaired) electrons. The minimum atomic E-state index is -2.48. The molecule has 7 heterocycles. The lowest BCUT2D eigenvalue weighted by Crippen LogP contribution is -2.66. The van der Waals surface area contributed by atoms with Crippen molar-refractivity contribution in [3.8, 4) is 57.1 Å². The second kappa shape index (κ2) is 42.2. The van der Waals surface area contributed by atoms with Gasteiger partial charge in [0.05, 0.1) is 34.7 Å². The average molecular weight is 1920 g/mol. The number of amides is 12. The first-order valence-electron chi connectivity index (χ1n) is 45.6. The maximum Gasteiger partial charge on any atom is 0.408 e. The van der Waals surface area contributed by atoms with Crippen molar-refractivity contribution < 1.29 is 137 Å². The number of unbranched alkanes of at least 4 members (excludes halogenated alkanes) is 5. The third-order valence-corrected chi connectivity index (χ3v) is 26.1. The molecule has 135 heavy (non-hydrogen) atoms. The van der Waals surface area contributed by atoms with Gasteiger partial charge in [0.2, 0.25) is 59.3 Å². The fraction of sp³-hybridized carbons (Fsp3) is 0.564. The van der Waals surface area contributed by atoms with Crippen molar-refractivity contribution in [2.24, 2.45) is 29.6 Å². The number of fused-ring (bicyclic) bond motifs is 15. The van der Waals surface area contributed by atoms with Gasteiger partial charge in [-0.1, -0.05) is 94.3 Å². The van der Waals surface area contributed by atoms with Gasteiger partial charge in [-0.25, -0.2) is 14.4 Å². The van der Waals surface area contributed by atoms with Crippen LogP contribution in [0.25, 0.3) is 11.1 Å². The fourth-order valence-corrected chi connectivity index (χ4v) is 19.6. The van der Waals surface area contributed by atoms with E-state index in [0.29, 0.717) is 24.7 Å². The van der Waals surface area contributed by atoms with Gasteiger partial charge in [0, 0.05) is 36.2 Å². The Bertz CT molecular complexity index is 5260. The molecule has 9 unspecified atom stereocenters. The predicted octanol–water partition coefficient (Wildman–Crippen LogP) is 7.53. The van der Waals surface area contributed by atoms with Crippen molar-refractivity contribution in [3.63, 3.8) is 0 Å². The van der Waals surface area contributed by atoms with Crippen molar-refractivity contribution in [3.05, 3.63) is 117 Å². The summed E-state index contributed by atoms with van der Waals surface area (Å²) in [6.07, 6.45) is -13.5. The molecule has 12 amide bonds.